The molecule has 1 unspecified atom stereocenters. The molecule has 3 aromatic carbocycles. The summed E-state index contributed by atoms with van der Waals surface area (Å²) in [4.78, 5) is 0. The first-order chi connectivity index (χ1) is 12.8. The van der Waals surface area contributed by atoms with Gasteiger partial charge in [0.2, 0.25) is 0 Å². The van der Waals surface area contributed by atoms with Gasteiger partial charge in [0.1, 0.15) is 19.3 Å². The zero-order valence-electron chi connectivity index (χ0n) is 14.2. The molecule has 0 spiro atoms. The topological polar surface area (TPSA) is 31.0 Å². The van der Waals surface area contributed by atoms with Gasteiger partial charge in [0, 0.05) is 5.56 Å². The van der Waals surface area contributed by atoms with Crippen molar-refractivity contribution in [2.45, 2.75) is 19.3 Å². The van der Waals surface area contributed by atoms with Gasteiger partial charge in [-0.25, -0.2) is 0 Å². The molecule has 3 aromatic rings. The number of rotatable bonds is 7. The molecule has 0 aromatic heterocycles. The summed E-state index contributed by atoms with van der Waals surface area (Å²) in [7, 11) is 0. The first-order valence-electron chi connectivity index (χ1n) is 8.59. The van der Waals surface area contributed by atoms with Gasteiger partial charge in [-0.15, -0.1) is 0 Å². The van der Waals surface area contributed by atoms with Crippen molar-refractivity contribution in [1.82, 2.24) is 0 Å². The lowest BCUT2D eigenvalue weighted by Crippen LogP contribution is -2.02. The molecular weight excluding hydrogens is 348 g/mol. The van der Waals surface area contributed by atoms with Gasteiger partial charge in [0.05, 0.1) is 11.6 Å². The lowest BCUT2D eigenvalue weighted by atomic mass is 10.1. The summed E-state index contributed by atoms with van der Waals surface area (Å²) in [6, 6.07) is 23.9. The summed E-state index contributed by atoms with van der Waals surface area (Å²) in [6.45, 7) is 1.58. The van der Waals surface area contributed by atoms with Crippen molar-refractivity contribution in [2.75, 3.05) is 6.61 Å². The molecule has 1 saturated heterocycles. The molecule has 4 heteroatoms. The molecule has 1 aliphatic rings. The summed E-state index contributed by atoms with van der Waals surface area (Å²) < 4.78 is 17.4. The third kappa shape index (κ3) is 4.01. The minimum absolute atomic E-state index is 0.0600. The Morgan fingerprint density at radius 2 is 1.38 bits per heavy atom. The van der Waals surface area contributed by atoms with Crippen molar-refractivity contribution in [2.24, 2.45) is 0 Å². The molecule has 0 bridgehead atoms. The Morgan fingerprint density at radius 1 is 0.808 bits per heavy atom. The van der Waals surface area contributed by atoms with Crippen LogP contribution in [0.3, 0.4) is 0 Å². The van der Waals surface area contributed by atoms with Crippen molar-refractivity contribution in [1.29, 1.82) is 0 Å². The van der Waals surface area contributed by atoms with Crippen LogP contribution < -0.4 is 9.47 Å². The molecule has 4 rings (SSSR count). The van der Waals surface area contributed by atoms with E-state index in [0.29, 0.717) is 36.3 Å². The third-order valence-electron chi connectivity index (χ3n) is 4.23. The van der Waals surface area contributed by atoms with E-state index in [1.165, 1.54) is 0 Å². The van der Waals surface area contributed by atoms with E-state index >= 15 is 0 Å². The Kier molecular flexibility index (Phi) is 5.09. The van der Waals surface area contributed by atoms with Crippen LogP contribution in [0.2, 0.25) is 5.02 Å². The van der Waals surface area contributed by atoms with Gasteiger partial charge in [-0.05, 0) is 17.2 Å². The highest BCUT2D eigenvalue weighted by atomic mass is 35.5. The maximum absolute atomic E-state index is 6.61. The summed E-state index contributed by atoms with van der Waals surface area (Å²) in [5.41, 5.74) is 3.11. The number of hydrogen-bond donors (Lipinski definition) is 0. The van der Waals surface area contributed by atoms with Gasteiger partial charge in [0.25, 0.3) is 0 Å². The molecule has 1 fully saturated rings. The first kappa shape index (κ1) is 17.0. The fourth-order valence-corrected chi connectivity index (χ4v) is 3.08. The maximum atomic E-state index is 6.61. The van der Waals surface area contributed by atoms with Crippen molar-refractivity contribution in [3.8, 4) is 11.5 Å². The number of epoxide rings is 1. The molecule has 3 nitrogen and oxygen atoms in total. The van der Waals surface area contributed by atoms with E-state index in [1.54, 1.807) is 0 Å². The molecule has 0 N–H and O–H groups in total. The van der Waals surface area contributed by atoms with E-state index in [1.807, 2.05) is 72.8 Å². The normalized spacial score (nSPS) is 15.5. The third-order valence-corrected chi connectivity index (χ3v) is 4.62. The minimum Gasteiger partial charge on any atom is -0.485 e. The summed E-state index contributed by atoms with van der Waals surface area (Å²) in [6.07, 6.45) is 0.0600. The van der Waals surface area contributed by atoms with Crippen LogP contribution in [0.1, 0.15) is 22.8 Å². The van der Waals surface area contributed by atoms with Crippen LogP contribution in [0, 0.1) is 0 Å². The van der Waals surface area contributed by atoms with Crippen LogP contribution in [-0.2, 0) is 18.0 Å². The van der Waals surface area contributed by atoms with Gasteiger partial charge >= 0.3 is 0 Å². The fraction of sp³-hybridized carbons (Fsp3) is 0.182. The fourth-order valence-electron chi connectivity index (χ4n) is 2.74. The number of benzene rings is 3. The lowest BCUT2D eigenvalue weighted by Gasteiger charge is -2.16. The van der Waals surface area contributed by atoms with Crippen LogP contribution in [0.25, 0.3) is 0 Å². The van der Waals surface area contributed by atoms with E-state index in [0.717, 1.165) is 16.7 Å². The Hall–Kier alpha value is -2.49. The second-order valence-corrected chi connectivity index (χ2v) is 6.54. The SMILES string of the molecule is Clc1c(C2CO2)ccc(OCc2ccccc2)c1OCc1ccccc1. The van der Waals surface area contributed by atoms with Crippen LogP contribution >= 0.6 is 11.6 Å². The van der Waals surface area contributed by atoms with Gasteiger partial charge in [-0.3, -0.25) is 0 Å². The quantitative estimate of drug-likeness (QED) is 0.512. The van der Waals surface area contributed by atoms with E-state index < -0.39 is 0 Å². The van der Waals surface area contributed by atoms with Gasteiger partial charge < -0.3 is 14.2 Å². The molecule has 0 saturated carbocycles. The zero-order chi connectivity index (χ0) is 17.8. The highest BCUT2D eigenvalue weighted by Crippen LogP contribution is 2.44. The Morgan fingerprint density at radius 3 is 1.96 bits per heavy atom. The maximum Gasteiger partial charge on any atom is 0.180 e. The molecule has 1 atom stereocenters. The highest BCUT2D eigenvalue weighted by Gasteiger charge is 2.29. The second-order valence-electron chi connectivity index (χ2n) is 6.17. The van der Waals surface area contributed by atoms with Crippen LogP contribution in [0.15, 0.2) is 72.8 Å². The first-order valence-corrected chi connectivity index (χ1v) is 8.96. The van der Waals surface area contributed by atoms with Gasteiger partial charge in [0.15, 0.2) is 11.5 Å². The van der Waals surface area contributed by atoms with Crippen LogP contribution in [0.5, 0.6) is 11.5 Å². The van der Waals surface area contributed by atoms with Gasteiger partial charge in [-0.1, -0.05) is 78.3 Å². The molecule has 132 valence electrons. The van der Waals surface area contributed by atoms with Crippen LogP contribution in [-0.4, -0.2) is 6.61 Å². The highest BCUT2D eigenvalue weighted by molar-refractivity contribution is 6.33. The lowest BCUT2D eigenvalue weighted by molar-refractivity contribution is 0.255. The van der Waals surface area contributed by atoms with E-state index in [4.69, 9.17) is 25.8 Å². The predicted molar refractivity (Wildman–Crippen MR) is 102 cm³/mol. The average molecular weight is 367 g/mol. The predicted octanol–water partition coefficient (Wildman–Crippen LogP) is 5.57. The Bertz CT molecular complexity index is 861. The van der Waals surface area contributed by atoms with Gasteiger partial charge in [-0.2, -0.15) is 0 Å². The number of ether oxygens (including phenoxy) is 3. The zero-order valence-corrected chi connectivity index (χ0v) is 15.0. The monoisotopic (exact) mass is 366 g/mol. The minimum atomic E-state index is 0.0600. The number of hydrogen-bond acceptors (Lipinski definition) is 3. The molecule has 1 heterocycles. The van der Waals surface area contributed by atoms with Crippen molar-refractivity contribution in [3.63, 3.8) is 0 Å². The molecule has 0 aliphatic carbocycles. The molecular formula is C22H19ClO3. The average Bonchev–Trinajstić information content (AvgIpc) is 3.52. The molecule has 0 radical (unpaired) electrons. The summed E-state index contributed by atoms with van der Waals surface area (Å²) in [5, 5.41) is 0.564. The summed E-state index contributed by atoms with van der Waals surface area (Å²) >= 11 is 6.61. The van der Waals surface area contributed by atoms with E-state index in [2.05, 4.69) is 0 Å². The second kappa shape index (κ2) is 7.81. The van der Waals surface area contributed by atoms with E-state index in [-0.39, 0.29) is 6.10 Å². The summed E-state index contributed by atoms with van der Waals surface area (Å²) in [5.74, 6) is 1.21. The van der Waals surface area contributed by atoms with Crippen molar-refractivity contribution in [3.05, 3.63) is 94.5 Å². The Balaban J connectivity index is 1.56. The Labute approximate surface area is 158 Å². The van der Waals surface area contributed by atoms with E-state index in [9.17, 15) is 0 Å². The van der Waals surface area contributed by atoms with Crippen molar-refractivity contribution < 1.29 is 14.2 Å². The molecule has 1 aliphatic heterocycles. The number of halogens is 1. The van der Waals surface area contributed by atoms with Crippen LogP contribution in [0.4, 0.5) is 0 Å². The standard InChI is InChI=1S/C22H19ClO3/c23-21-18(20-15-25-20)11-12-19(24-13-16-7-3-1-4-8-16)22(21)26-14-17-9-5-2-6-10-17/h1-12,20H,13-15H2. The molecule has 26 heavy (non-hydrogen) atoms. The smallest absolute Gasteiger partial charge is 0.180 e. The van der Waals surface area contributed by atoms with Crippen molar-refractivity contribution >= 4 is 11.6 Å². The largest absolute Gasteiger partial charge is 0.485 e. The molecule has 0 amide bonds.